The maximum atomic E-state index is 11.9. The zero-order valence-electron chi connectivity index (χ0n) is 15.6. The largest absolute Gasteiger partial charge is 0.497 e. The number of halogens is 1. The smallest absolute Gasteiger partial charge is 0.252 e. The molecule has 2 rings (SSSR count). The highest BCUT2D eigenvalue weighted by Crippen LogP contribution is 2.13. The maximum Gasteiger partial charge on any atom is 0.252 e. The summed E-state index contributed by atoms with van der Waals surface area (Å²) in [6, 6.07) is 11.3. The second-order valence-electron chi connectivity index (χ2n) is 5.47. The van der Waals surface area contributed by atoms with Gasteiger partial charge in [-0.2, -0.15) is 0 Å². The van der Waals surface area contributed by atoms with Crippen LogP contribution in [0.3, 0.4) is 0 Å². The molecular weight excluding hydrogens is 457 g/mol. The first-order valence-corrected chi connectivity index (χ1v) is 8.56. The van der Waals surface area contributed by atoms with E-state index in [0.717, 1.165) is 17.9 Å². The molecule has 1 aromatic heterocycles. The third kappa shape index (κ3) is 8.25. The van der Waals surface area contributed by atoms with Crippen molar-refractivity contribution < 1.29 is 9.53 Å². The number of pyridine rings is 1. The minimum atomic E-state index is -0.141. The van der Waals surface area contributed by atoms with Crippen LogP contribution in [0.4, 0.5) is 0 Å². The molecule has 0 radical (unpaired) electrons. The maximum absolute atomic E-state index is 11.9. The molecule has 0 aliphatic carbocycles. The summed E-state index contributed by atoms with van der Waals surface area (Å²) in [5.74, 6) is 1.37. The van der Waals surface area contributed by atoms with Crippen LogP contribution in [0.25, 0.3) is 0 Å². The lowest BCUT2D eigenvalue weighted by molar-refractivity contribution is 0.0954. The highest BCUT2D eigenvalue weighted by Gasteiger charge is 2.04. The Kier molecular flexibility index (Phi) is 10.8. The third-order valence-electron chi connectivity index (χ3n) is 3.52. The quantitative estimate of drug-likeness (QED) is 0.232. The number of aromatic nitrogens is 1. The second-order valence-corrected chi connectivity index (χ2v) is 5.47. The molecule has 0 atom stereocenters. The number of guanidine groups is 1. The lowest BCUT2D eigenvalue weighted by Gasteiger charge is -2.12. The summed E-state index contributed by atoms with van der Waals surface area (Å²) < 4.78 is 5.22. The number of amides is 1. The van der Waals surface area contributed by atoms with Gasteiger partial charge in [-0.15, -0.1) is 24.0 Å². The van der Waals surface area contributed by atoms with Crippen molar-refractivity contribution in [3.8, 4) is 5.75 Å². The molecule has 7 nitrogen and oxygen atoms in total. The van der Waals surface area contributed by atoms with Crippen LogP contribution in [0.15, 0.2) is 53.8 Å². The highest BCUT2D eigenvalue weighted by molar-refractivity contribution is 14.0. The molecule has 146 valence electrons. The van der Waals surface area contributed by atoms with Crippen molar-refractivity contribution in [1.82, 2.24) is 20.9 Å². The molecule has 0 unspecified atom stereocenters. The number of methoxy groups -OCH3 is 1. The number of ether oxygens (including phenoxy) is 1. The molecule has 0 spiro atoms. The van der Waals surface area contributed by atoms with Gasteiger partial charge >= 0.3 is 0 Å². The SMILES string of the molecule is CCNC(=NCc1cccc(OC)c1)NCCNC(=O)c1cccnc1.I. The van der Waals surface area contributed by atoms with Crippen molar-refractivity contribution in [3.63, 3.8) is 0 Å². The first-order valence-electron chi connectivity index (χ1n) is 8.56. The second kappa shape index (κ2) is 12.9. The van der Waals surface area contributed by atoms with E-state index in [1.165, 1.54) is 0 Å². The number of carbonyl (C=O) groups excluding carboxylic acids is 1. The zero-order valence-corrected chi connectivity index (χ0v) is 17.9. The van der Waals surface area contributed by atoms with Crippen molar-refractivity contribution in [2.24, 2.45) is 4.99 Å². The van der Waals surface area contributed by atoms with Crippen molar-refractivity contribution >= 4 is 35.8 Å². The van der Waals surface area contributed by atoms with Crippen LogP contribution in [0.5, 0.6) is 5.75 Å². The molecule has 2 aromatic rings. The average molecular weight is 483 g/mol. The normalized spacial score (nSPS) is 10.5. The first kappa shape index (κ1) is 22.7. The standard InChI is InChI=1S/C19H25N5O2.HI/c1-3-21-19(24-13-15-6-4-8-17(12-15)26-2)23-11-10-22-18(25)16-7-5-9-20-14-16;/h4-9,12,14H,3,10-11,13H2,1-2H3,(H,22,25)(H2,21,23,24);1H. The lowest BCUT2D eigenvalue weighted by Crippen LogP contribution is -2.41. The van der Waals surface area contributed by atoms with Crippen molar-refractivity contribution in [2.75, 3.05) is 26.7 Å². The van der Waals surface area contributed by atoms with Gasteiger partial charge in [0.25, 0.3) is 5.91 Å². The van der Waals surface area contributed by atoms with E-state index in [4.69, 9.17) is 4.74 Å². The Morgan fingerprint density at radius 2 is 1.96 bits per heavy atom. The van der Waals surface area contributed by atoms with Gasteiger partial charge in [0.05, 0.1) is 19.2 Å². The van der Waals surface area contributed by atoms with Gasteiger partial charge in [0.2, 0.25) is 0 Å². The number of hydrogen-bond acceptors (Lipinski definition) is 4. The van der Waals surface area contributed by atoms with E-state index in [2.05, 4.69) is 25.9 Å². The van der Waals surface area contributed by atoms with Gasteiger partial charge in [-0.05, 0) is 36.8 Å². The molecule has 0 saturated heterocycles. The molecular formula is C19H26IN5O2. The Morgan fingerprint density at radius 1 is 1.15 bits per heavy atom. The first-order chi connectivity index (χ1) is 12.7. The molecule has 0 bridgehead atoms. The van der Waals surface area contributed by atoms with E-state index in [1.54, 1.807) is 31.6 Å². The predicted molar refractivity (Wildman–Crippen MR) is 118 cm³/mol. The van der Waals surface area contributed by atoms with Crippen molar-refractivity contribution in [3.05, 3.63) is 59.9 Å². The molecule has 3 N–H and O–H groups in total. The molecule has 0 aliphatic rings. The zero-order chi connectivity index (χ0) is 18.6. The summed E-state index contributed by atoms with van der Waals surface area (Å²) >= 11 is 0. The molecule has 0 aliphatic heterocycles. The van der Waals surface area contributed by atoms with E-state index in [0.29, 0.717) is 31.2 Å². The Bertz CT molecular complexity index is 725. The van der Waals surface area contributed by atoms with Gasteiger partial charge in [0.15, 0.2) is 5.96 Å². The number of carbonyl (C=O) groups is 1. The number of hydrogen-bond donors (Lipinski definition) is 3. The Morgan fingerprint density at radius 3 is 2.67 bits per heavy atom. The predicted octanol–water partition coefficient (Wildman–Crippen LogP) is 2.19. The average Bonchev–Trinajstić information content (AvgIpc) is 2.69. The number of nitrogens with one attached hydrogen (secondary N) is 3. The van der Waals surface area contributed by atoms with Crippen molar-refractivity contribution in [1.29, 1.82) is 0 Å². The fourth-order valence-corrected chi connectivity index (χ4v) is 2.24. The highest BCUT2D eigenvalue weighted by atomic mass is 127. The number of nitrogens with zero attached hydrogens (tertiary/aromatic N) is 2. The molecule has 0 fully saturated rings. The van der Waals surface area contributed by atoms with Gasteiger partial charge in [-0.25, -0.2) is 4.99 Å². The number of benzene rings is 1. The minimum absolute atomic E-state index is 0. The summed E-state index contributed by atoms with van der Waals surface area (Å²) in [7, 11) is 1.65. The fraction of sp³-hybridized carbons (Fsp3) is 0.316. The molecule has 1 amide bonds. The monoisotopic (exact) mass is 483 g/mol. The van der Waals surface area contributed by atoms with Gasteiger partial charge in [0, 0.05) is 32.0 Å². The lowest BCUT2D eigenvalue weighted by atomic mass is 10.2. The summed E-state index contributed by atoms with van der Waals surface area (Å²) in [4.78, 5) is 20.4. The van der Waals surface area contributed by atoms with Crippen LogP contribution in [0.1, 0.15) is 22.8 Å². The molecule has 1 aromatic carbocycles. The van der Waals surface area contributed by atoms with Gasteiger partial charge < -0.3 is 20.7 Å². The Balaban J connectivity index is 0.00000364. The summed E-state index contributed by atoms with van der Waals surface area (Å²) in [6.45, 7) is 4.35. The van der Waals surface area contributed by atoms with Gasteiger partial charge in [0.1, 0.15) is 5.75 Å². The number of rotatable bonds is 8. The molecule has 27 heavy (non-hydrogen) atoms. The van der Waals surface area contributed by atoms with Crippen LogP contribution in [-0.4, -0.2) is 43.6 Å². The topological polar surface area (TPSA) is 87.6 Å². The van der Waals surface area contributed by atoms with E-state index >= 15 is 0 Å². The van der Waals surface area contributed by atoms with Crippen LogP contribution in [0.2, 0.25) is 0 Å². The van der Waals surface area contributed by atoms with E-state index in [-0.39, 0.29) is 29.9 Å². The van der Waals surface area contributed by atoms with E-state index in [9.17, 15) is 4.79 Å². The number of aliphatic imine (C=N–C) groups is 1. The molecule has 8 heteroatoms. The van der Waals surface area contributed by atoms with E-state index in [1.807, 2.05) is 31.2 Å². The van der Waals surface area contributed by atoms with Gasteiger partial charge in [-0.1, -0.05) is 12.1 Å². The minimum Gasteiger partial charge on any atom is -0.497 e. The molecule has 1 heterocycles. The van der Waals surface area contributed by atoms with Crippen LogP contribution in [0, 0.1) is 0 Å². The summed E-state index contributed by atoms with van der Waals surface area (Å²) in [5.41, 5.74) is 1.61. The Hall–Kier alpha value is -2.36. The van der Waals surface area contributed by atoms with E-state index < -0.39 is 0 Å². The van der Waals surface area contributed by atoms with Crippen LogP contribution in [-0.2, 0) is 6.54 Å². The van der Waals surface area contributed by atoms with Gasteiger partial charge in [-0.3, -0.25) is 9.78 Å². The fourth-order valence-electron chi connectivity index (χ4n) is 2.24. The summed E-state index contributed by atoms with van der Waals surface area (Å²) in [6.07, 6.45) is 3.18. The van der Waals surface area contributed by atoms with Crippen molar-refractivity contribution in [2.45, 2.75) is 13.5 Å². The molecule has 0 saturated carbocycles. The Labute approximate surface area is 177 Å². The summed E-state index contributed by atoms with van der Waals surface area (Å²) in [5, 5.41) is 9.23. The third-order valence-corrected chi connectivity index (χ3v) is 3.52. The van der Waals surface area contributed by atoms with Crippen LogP contribution < -0.4 is 20.7 Å². The van der Waals surface area contributed by atoms with Crippen LogP contribution >= 0.6 is 24.0 Å².